The molecule has 6 heteroatoms. The van der Waals surface area contributed by atoms with Crippen molar-refractivity contribution in [2.45, 2.75) is 0 Å². The van der Waals surface area contributed by atoms with Crippen LogP contribution in [0.15, 0.2) is 24.3 Å². The maximum absolute atomic E-state index is 11.5. The number of anilines is 1. The Morgan fingerprint density at radius 3 is 2.05 bits per heavy atom. The van der Waals surface area contributed by atoms with Crippen molar-refractivity contribution in [3.63, 3.8) is 0 Å². The van der Waals surface area contributed by atoms with Crippen LogP contribution in [-0.2, 0) is 4.74 Å². The predicted molar refractivity (Wildman–Crippen MR) is 70.2 cm³/mol. The van der Waals surface area contributed by atoms with Gasteiger partial charge in [-0.25, -0.2) is 4.79 Å². The van der Waals surface area contributed by atoms with Crippen LogP contribution in [0, 0.1) is 0 Å². The van der Waals surface area contributed by atoms with Gasteiger partial charge in [-0.1, -0.05) is 0 Å². The average molecular weight is 269 g/mol. The van der Waals surface area contributed by atoms with Gasteiger partial charge in [0.1, 0.15) is 6.61 Å². The molecule has 0 saturated heterocycles. The second-order valence-corrected chi connectivity index (χ2v) is 3.84. The molecule has 0 aromatic heterocycles. The molecule has 1 rings (SSSR count). The number of esters is 1. The van der Waals surface area contributed by atoms with Crippen LogP contribution in [0.2, 0.25) is 0 Å². The van der Waals surface area contributed by atoms with Crippen molar-refractivity contribution < 1.29 is 24.9 Å². The molecule has 0 aliphatic heterocycles. The summed E-state index contributed by atoms with van der Waals surface area (Å²) in [7, 11) is 0. The number of benzene rings is 1. The summed E-state index contributed by atoms with van der Waals surface area (Å²) in [6.07, 6.45) is 0. The van der Waals surface area contributed by atoms with Gasteiger partial charge < -0.3 is 25.0 Å². The Balaban J connectivity index is 2.70. The zero-order chi connectivity index (χ0) is 14.1. The molecule has 3 N–H and O–H groups in total. The van der Waals surface area contributed by atoms with Gasteiger partial charge in [-0.15, -0.1) is 0 Å². The van der Waals surface area contributed by atoms with Crippen molar-refractivity contribution in [1.82, 2.24) is 0 Å². The number of carbonyl (C=O) groups excluding carboxylic acids is 1. The van der Waals surface area contributed by atoms with E-state index in [1.54, 1.807) is 24.3 Å². The molecule has 0 aliphatic rings. The lowest BCUT2D eigenvalue weighted by Crippen LogP contribution is -2.29. The Hall–Kier alpha value is -1.63. The number of rotatable bonds is 8. The van der Waals surface area contributed by atoms with Gasteiger partial charge in [0, 0.05) is 18.8 Å². The van der Waals surface area contributed by atoms with Crippen LogP contribution in [0.3, 0.4) is 0 Å². The van der Waals surface area contributed by atoms with Gasteiger partial charge in [0.05, 0.1) is 25.4 Å². The van der Waals surface area contributed by atoms with Crippen molar-refractivity contribution in [1.29, 1.82) is 0 Å². The average Bonchev–Trinajstić information content (AvgIpc) is 2.44. The normalized spacial score (nSPS) is 10.3. The summed E-state index contributed by atoms with van der Waals surface area (Å²) >= 11 is 0. The fourth-order valence-electron chi connectivity index (χ4n) is 1.64. The van der Waals surface area contributed by atoms with Gasteiger partial charge in [-0.05, 0) is 24.3 Å². The van der Waals surface area contributed by atoms with E-state index >= 15 is 0 Å². The first-order valence-corrected chi connectivity index (χ1v) is 6.07. The van der Waals surface area contributed by atoms with E-state index in [-0.39, 0.29) is 26.4 Å². The lowest BCUT2D eigenvalue weighted by Gasteiger charge is -2.22. The number of hydrogen-bond acceptors (Lipinski definition) is 6. The molecule has 0 unspecified atom stereocenters. The number of ether oxygens (including phenoxy) is 1. The second kappa shape index (κ2) is 8.47. The molecule has 0 bridgehead atoms. The van der Waals surface area contributed by atoms with E-state index in [0.717, 1.165) is 5.69 Å². The summed E-state index contributed by atoms with van der Waals surface area (Å²) < 4.78 is 4.79. The van der Waals surface area contributed by atoms with E-state index in [9.17, 15) is 4.79 Å². The van der Waals surface area contributed by atoms with Crippen LogP contribution >= 0.6 is 0 Å². The highest BCUT2D eigenvalue weighted by molar-refractivity contribution is 5.89. The zero-order valence-corrected chi connectivity index (χ0v) is 10.7. The molecule has 0 aliphatic carbocycles. The summed E-state index contributed by atoms with van der Waals surface area (Å²) in [6, 6.07) is 6.66. The number of carbonyl (C=O) groups is 1. The molecular formula is C13H19NO5. The fraction of sp³-hybridized carbons (Fsp3) is 0.462. The molecular weight excluding hydrogens is 250 g/mol. The number of aliphatic hydroxyl groups is 3. The molecule has 0 fully saturated rings. The van der Waals surface area contributed by atoms with E-state index in [1.807, 2.05) is 4.90 Å². The summed E-state index contributed by atoms with van der Waals surface area (Å²) in [5, 5.41) is 26.5. The third-order valence-electron chi connectivity index (χ3n) is 2.53. The fourth-order valence-corrected chi connectivity index (χ4v) is 1.64. The van der Waals surface area contributed by atoms with Crippen molar-refractivity contribution in [2.75, 3.05) is 44.4 Å². The highest BCUT2D eigenvalue weighted by Gasteiger charge is 2.09. The molecule has 0 atom stereocenters. The van der Waals surface area contributed by atoms with E-state index in [4.69, 9.17) is 20.1 Å². The summed E-state index contributed by atoms with van der Waals surface area (Å²) in [5.41, 5.74) is 1.20. The largest absolute Gasteiger partial charge is 0.460 e. The molecule has 1 aromatic rings. The Labute approximate surface area is 111 Å². The molecule has 1 aromatic carbocycles. The van der Waals surface area contributed by atoms with Gasteiger partial charge in [0.15, 0.2) is 0 Å². The van der Waals surface area contributed by atoms with Gasteiger partial charge >= 0.3 is 5.97 Å². The van der Waals surface area contributed by atoms with E-state index in [0.29, 0.717) is 18.7 Å². The van der Waals surface area contributed by atoms with Crippen LogP contribution < -0.4 is 4.90 Å². The summed E-state index contributed by atoms with van der Waals surface area (Å²) in [5.74, 6) is -0.489. The Morgan fingerprint density at radius 1 is 1.00 bits per heavy atom. The number of nitrogens with zero attached hydrogens (tertiary/aromatic N) is 1. The molecule has 0 radical (unpaired) electrons. The van der Waals surface area contributed by atoms with Crippen LogP contribution in [0.5, 0.6) is 0 Å². The predicted octanol–water partition coefficient (Wildman–Crippen LogP) is -0.373. The lowest BCUT2D eigenvalue weighted by atomic mass is 10.2. The first-order chi connectivity index (χ1) is 9.22. The molecule has 0 saturated carbocycles. The second-order valence-electron chi connectivity index (χ2n) is 3.84. The molecule has 19 heavy (non-hydrogen) atoms. The highest BCUT2D eigenvalue weighted by atomic mass is 16.5. The van der Waals surface area contributed by atoms with Gasteiger partial charge in [0.2, 0.25) is 0 Å². The summed E-state index contributed by atoms with van der Waals surface area (Å²) in [4.78, 5) is 13.3. The minimum absolute atomic E-state index is 0.0136. The molecule has 106 valence electrons. The summed E-state index contributed by atoms with van der Waals surface area (Å²) in [6.45, 7) is 0.566. The zero-order valence-electron chi connectivity index (χ0n) is 10.7. The van der Waals surface area contributed by atoms with E-state index in [1.165, 1.54) is 0 Å². The van der Waals surface area contributed by atoms with Gasteiger partial charge in [0.25, 0.3) is 0 Å². The van der Waals surface area contributed by atoms with Crippen molar-refractivity contribution >= 4 is 11.7 Å². The van der Waals surface area contributed by atoms with E-state index < -0.39 is 5.97 Å². The quantitative estimate of drug-likeness (QED) is 0.558. The topological polar surface area (TPSA) is 90.2 Å². The first-order valence-electron chi connectivity index (χ1n) is 6.07. The van der Waals surface area contributed by atoms with Crippen LogP contribution in [0.4, 0.5) is 5.69 Å². The monoisotopic (exact) mass is 269 g/mol. The highest BCUT2D eigenvalue weighted by Crippen LogP contribution is 2.15. The van der Waals surface area contributed by atoms with Crippen LogP contribution in [0.1, 0.15) is 10.4 Å². The standard InChI is InChI=1S/C13H19NO5/c15-7-5-14(6-8-16)12-3-1-11(2-4-12)13(18)19-10-9-17/h1-4,15-17H,5-10H2. The van der Waals surface area contributed by atoms with Gasteiger partial charge in [-0.2, -0.15) is 0 Å². The SMILES string of the molecule is O=C(OCCO)c1ccc(N(CCO)CCO)cc1. The molecule has 6 nitrogen and oxygen atoms in total. The minimum Gasteiger partial charge on any atom is -0.460 e. The Kier molecular flexibility index (Phi) is 6.88. The van der Waals surface area contributed by atoms with Crippen molar-refractivity contribution in [3.8, 4) is 0 Å². The van der Waals surface area contributed by atoms with E-state index in [2.05, 4.69) is 0 Å². The third kappa shape index (κ3) is 4.86. The number of aliphatic hydroxyl groups excluding tert-OH is 3. The van der Waals surface area contributed by atoms with Gasteiger partial charge in [-0.3, -0.25) is 0 Å². The maximum Gasteiger partial charge on any atom is 0.338 e. The van der Waals surface area contributed by atoms with Crippen LogP contribution in [0.25, 0.3) is 0 Å². The Bertz CT molecular complexity index is 373. The van der Waals surface area contributed by atoms with Crippen molar-refractivity contribution in [2.24, 2.45) is 0 Å². The third-order valence-corrected chi connectivity index (χ3v) is 2.53. The molecule has 0 heterocycles. The Morgan fingerprint density at radius 2 is 1.58 bits per heavy atom. The lowest BCUT2D eigenvalue weighted by molar-refractivity contribution is 0.0434. The van der Waals surface area contributed by atoms with Crippen LogP contribution in [-0.4, -0.2) is 60.8 Å². The number of hydrogen-bond donors (Lipinski definition) is 3. The maximum atomic E-state index is 11.5. The first kappa shape index (κ1) is 15.4. The minimum atomic E-state index is -0.489. The molecule has 0 amide bonds. The smallest absolute Gasteiger partial charge is 0.338 e. The molecule has 0 spiro atoms. The van der Waals surface area contributed by atoms with Crippen molar-refractivity contribution in [3.05, 3.63) is 29.8 Å².